The van der Waals surface area contributed by atoms with Crippen LogP contribution in [0.25, 0.3) is 0 Å². The molecule has 0 aliphatic carbocycles. The van der Waals surface area contributed by atoms with Crippen molar-refractivity contribution in [3.8, 4) is 0 Å². The van der Waals surface area contributed by atoms with Crippen LogP contribution in [0.1, 0.15) is 0 Å². The minimum atomic E-state index is -1.34. The molecule has 2 saturated heterocycles. The molecule has 2 heterocycles. The van der Waals surface area contributed by atoms with Crippen molar-refractivity contribution in [1.82, 2.24) is 20.9 Å². The Labute approximate surface area is 136 Å². The number of hydrogen-bond donors (Lipinski definition) is 7. The largest absolute Gasteiger partial charge is 0.394 e. The average Bonchev–Trinajstić information content (AvgIpc) is 2.54. The van der Waals surface area contributed by atoms with E-state index in [-0.39, 0.29) is 0 Å². The molecule has 5 atom stereocenters. The predicted octanol–water partition coefficient (Wildman–Crippen LogP) is -4.13. The molecule has 0 aromatic carbocycles. The summed E-state index contributed by atoms with van der Waals surface area (Å²) in [6, 6.07) is 0. The number of aliphatic hydroxyl groups is 4. The van der Waals surface area contributed by atoms with Crippen LogP contribution in [0, 0.1) is 0 Å². The van der Waals surface area contributed by atoms with E-state index in [0.29, 0.717) is 13.1 Å². The summed E-state index contributed by atoms with van der Waals surface area (Å²) in [6.07, 6.45) is -5.50. The second-order valence-corrected chi connectivity index (χ2v) is 6.01. The highest BCUT2D eigenvalue weighted by Gasteiger charge is 2.45. The van der Waals surface area contributed by atoms with Crippen molar-refractivity contribution in [1.29, 1.82) is 0 Å². The highest BCUT2D eigenvalue weighted by Crippen LogP contribution is 2.23. The number of nitrogens with zero attached hydrogens (tertiary/aromatic N) is 1. The zero-order chi connectivity index (χ0) is 16.7. The molecule has 136 valence electrons. The van der Waals surface area contributed by atoms with Gasteiger partial charge in [-0.3, -0.25) is 4.90 Å². The standard InChI is InChI=1S/C14H30N4O5/c19-9-10-11(20)12(21)13(22)14(23-10)18-7-5-16-3-1-15-2-4-17-6-8-18/h10-17,19-22H,1-9H2/t10-,11-,12+,13-,14-/m1/s1. The highest BCUT2D eigenvalue weighted by atomic mass is 16.6. The van der Waals surface area contributed by atoms with E-state index in [4.69, 9.17) is 4.74 Å². The van der Waals surface area contributed by atoms with Crippen LogP contribution in [0.15, 0.2) is 0 Å². The molecular formula is C14H30N4O5. The van der Waals surface area contributed by atoms with Gasteiger partial charge in [0.25, 0.3) is 0 Å². The highest BCUT2D eigenvalue weighted by molar-refractivity contribution is 4.92. The van der Waals surface area contributed by atoms with Crippen LogP contribution in [0.2, 0.25) is 0 Å². The first-order chi connectivity index (χ1) is 11.1. The molecule has 0 radical (unpaired) electrons. The summed E-state index contributed by atoms with van der Waals surface area (Å²) in [5.74, 6) is 0. The van der Waals surface area contributed by atoms with Crippen molar-refractivity contribution < 1.29 is 25.2 Å². The Kier molecular flexibility index (Phi) is 8.10. The second-order valence-electron chi connectivity index (χ2n) is 6.01. The quantitative estimate of drug-likeness (QED) is 0.269. The first-order valence-electron chi connectivity index (χ1n) is 8.32. The lowest BCUT2D eigenvalue weighted by molar-refractivity contribution is -0.264. The van der Waals surface area contributed by atoms with Gasteiger partial charge in [-0.25, -0.2) is 0 Å². The van der Waals surface area contributed by atoms with Crippen molar-refractivity contribution in [2.75, 3.05) is 59.0 Å². The fourth-order valence-corrected chi connectivity index (χ4v) is 2.92. The molecule has 9 nitrogen and oxygen atoms in total. The molecule has 7 N–H and O–H groups in total. The number of aliphatic hydroxyl groups excluding tert-OH is 4. The molecule has 9 heteroatoms. The zero-order valence-corrected chi connectivity index (χ0v) is 13.4. The lowest BCUT2D eigenvalue weighted by Crippen LogP contribution is -2.64. The molecule has 0 spiro atoms. The third-order valence-electron chi connectivity index (χ3n) is 4.34. The van der Waals surface area contributed by atoms with Gasteiger partial charge in [0.1, 0.15) is 30.6 Å². The zero-order valence-electron chi connectivity index (χ0n) is 13.4. The van der Waals surface area contributed by atoms with Crippen molar-refractivity contribution in [3.05, 3.63) is 0 Å². The topological polar surface area (TPSA) is 129 Å². The minimum absolute atomic E-state index is 0.405. The third-order valence-corrected chi connectivity index (χ3v) is 4.34. The van der Waals surface area contributed by atoms with Crippen molar-refractivity contribution >= 4 is 0 Å². The summed E-state index contributed by atoms with van der Waals surface area (Å²) in [5.41, 5.74) is 0. The average molecular weight is 334 g/mol. The van der Waals surface area contributed by atoms with E-state index < -0.39 is 37.3 Å². The molecule has 2 fully saturated rings. The van der Waals surface area contributed by atoms with Crippen molar-refractivity contribution in [3.63, 3.8) is 0 Å². The Morgan fingerprint density at radius 1 is 0.783 bits per heavy atom. The Balaban J connectivity index is 1.98. The van der Waals surface area contributed by atoms with Gasteiger partial charge in [0.2, 0.25) is 0 Å². The maximum Gasteiger partial charge on any atom is 0.140 e. The molecular weight excluding hydrogens is 304 g/mol. The van der Waals surface area contributed by atoms with Crippen LogP contribution < -0.4 is 16.0 Å². The maximum atomic E-state index is 10.3. The monoisotopic (exact) mass is 334 g/mol. The molecule has 0 amide bonds. The van der Waals surface area contributed by atoms with Gasteiger partial charge in [-0.2, -0.15) is 0 Å². The summed E-state index contributed by atoms with van der Waals surface area (Å²) < 4.78 is 5.64. The van der Waals surface area contributed by atoms with Crippen molar-refractivity contribution in [2.45, 2.75) is 30.6 Å². The van der Waals surface area contributed by atoms with Gasteiger partial charge in [-0.15, -0.1) is 0 Å². The van der Waals surface area contributed by atoms with Crippen LogP contribution in [0.3, 0.4) is 0 Å². The lowest BCUT2D eigenvalue weighted by Gasteiger charge is -2.44. The summed E-state index contributed by atoms with van der Waals surface area (Å²) in [5, 5.41) is 49.3. The van der Waals surface area contributed by atoms with Gasteiger partial charge in [-0.05, 0) is 0 Å². The Bertz CT molecular complexity index is 324. The second kappa shape index (κ2) is 9.82. The smallest absolute Gasteiger partial charge is 0.140 e. The molecule has 2 rings (SSSR count). The summed E-state index contributed by atoms with van der Waals surface area (Å²) in [6.45, 7) is 5.77. The third kappa shape index (κ3) is 5.31. The normalized spacial score (nSPS) is 39.4. The number of hydrogen-bond acceptors (Lipinski definition) is 9. The van der Waals surface area contributed by atoms with Gasteiger partial charge < -0.3 is 41.1 Å². The van der Waals surface area contributed by atoms with E-state index in [9.17, 15) is 20.4 Å². The minimum Gasteiger partial charge on any atom is -0.394 e. The molecule has 0 aromatic heterocycles. The molecule has 2 aliphatic heterocycles. The first kappa shape index (κ1) is 19.0. The molecule has 23 heavy (non-hydrogen) atoms. The van der Waals surface area contributed by atoms with Crippen LogP contribution in [0.4, 0.5) is 0 Å². The van der Waals surface area contributed by atoms with E-state index in [1.54, 1.807) is 0 Å². The van der Waals surface area contributed by atoms with Gasteiger partial charge in [0.05, 0.1) is 6.61 Å². The molecule has 2 aliphatic rings. The van der Waals surface area contributed by atoms with E-state index in [1.165, 1.54) is 0 Å². The fraction of sp³-hybridized carbons (Fsp3) is 1.00. The number of ether oxygens (including phenoxy) is 1. The van der Waals surface area contributed by atoms with Gasteiger partial charge in [-0.1, -0.05) is 0 Å². The van der Waals surface area contributed by atoms with E-state index >= 15 is 0 Å². The van der Waals surface area contributed by atoms with Crippen LogP contribution in [-0.2, 0) is 4.74 Å². The van der Waals surface area contributed by atoms with Gasteiger partial charge >= 0.3 is 0 Å². The van der Waals surface area contributed by atoms with Crippen molar-refractivity contribution in [2.24, 2.45) is 0 Å². The Hall–Kier alpha value is -0.360. The van der Waals surface area contributed by atoms with Crippen LogP contribution in [0.5, 0.6) is 0 Å². The molecule has 0 bridgehead atoms. The van der Waals surface area contributed by atoms with Gasteiger partial charge in [0.15, 0.2) is 0 Å². The number of rotatable bonds is 2. The number of nitrogens with one attached hydrogen (secondary N) is 3. The molecule has 0 saturated carbocycles. The van der Waals surface area contributed by atoms with E-state index in [2.05, 4.69) is 16.0 Å². The molecule has 0 aromatic rings. The van der Waals surface area contributed by atoms with E-state index in [1.807, 2.05) is 4.90 Å². The van der Waals surface area contributed by atoms with Gasteiger partial charge in [0, 0.05) is 52.4 Å². The Morgan fingerprint density at radius 2 is 1.30 bits per heavy atom. The predicted molar refractivity (Wildman–Crippen MR) is 83.9 cm³/mol. The SMILES string of the molecule is OC[C@H]1O[C@@H](N2CCNCCNCCNCC2)[C@H](O)[C@@H](O)[C@@H]1O. The summed E-state index contributed by atoms with van der Waals surface area (Å²) in [7, 11) is 0. The first-order valence-corrected chi connectivity index (χ1v) is 8.32. The van der Waals surface area contributed by atoms with Crippen LogP contribution >= 0.6 is 0 Å². The van der Waals surface area contributed by atoms with Crippen LogP contribution in [-0.4, -0.2) is 115 Å². The van der Waals surface area contributed by atoms with E-state index in [0.717, 1.165) is 39.3 Å². The lowest BCUT2D eigenvalue weighted by atomic mass is 9.97. The molecule has 0 unspecified atom stereocenters. The maximum absolute atomic E-state index is 10.3. The summed E-state index contributed by atoms with van der Waals surface area (Å²) in [4.78, 5) is 1.93. The summed E-state index contributed by atoms with van der Waals surface area (Å²) >= 11 is 0. The fourth-order valence-electron chi connectivity index (χ4n) is 2.92. The Morgan fingerprint density at radius 3 is 1.83 bits per heavy atom.